The van der Waals surface area contributed by atoms with Crippen molar-refractivity contribution < 1.29 is 0 Å². The van der Waals surface area contributed by atoms with Crippen LogP contribution in [0.3, 0.4) is 0 Å². The fourth-order valence-electron chi connectivity index (χ4n) is 1.28. The molecule has 1 rings (SSSR count). The zero-order chi connectivity index (χ0) is 8.81. The first-order chi connectivity index (χ1) is 5.83. The van der Waals surface area contributed by atoms with Crippen molar-refractivity contribution in [3.63, 3.8) is 0 Å². The highest BCUT2D eigenvalue weighted by Gasteiger charge is 2.05. The fraction of sp³-hybridized carbons (Fsp3) is 0.900. The second-order valence-corrected chi connectivity index (χ2v) is 3.68. The number of amidine groups is 1. The van der Waals surface area contributed by atoms with E-state index in [0.29, 0.717) is 0 Å². The van der Waals surface area contributed by atoms with Gasteiger partial charge < -0.3 is 5.32 Å². The maximum atomic E-state index is 4.44. The Morgan fingerprint density at radius 2 is 2.33 bits per heavy atom. The Hall–Kier alpha value is -0.530. The topological polar surface area (TPSA) is 24.4 Å². The van der Waals surface area contributed by atoms with E-state index in [4.69, 9.17) is 0 Å². The third-order valence-corrected chi connectivity index (χ3v) is 2.48. The SMILES string of the molecule is CCC(C)CNC1=NCCCC1. The lowest BCUT2D eigenvalue weighted by Crippen LogP contribution is -2.29. The number of nitrogens with zero attached hydrogens (tertiary/aromatic N) is 1. The molecule has 0 aromatic heterocycles. The smallest absolute Gasteiger partial charge is 0.0963 e. The Bertz CT molecular complexity index is 152. The highest BCUT2D eigenvalue weighted by molar-refractivity contribution is 5.82. The first kappa shape index (κ1) is 9.56. The molecule has 0 aliphatic carbocycles. The molecule has 0 fully saturated rings. The average molecular weight is 168 g/mol. The molecule has 70 valence electrons. The lowest BCUT2D eigenvalue weighted by atomic mass is 10.1. The summed E-state index contributed by atoms with van der Waals surface area (Å²) in [6.45, 7) is 6.63. The van der Waals surface area contributed by atoms with Crippen molar-refractivity contribution in [2.45, 2.75) is 39.5 Å². The van der Waals surface area contributed by atoms with Gasteiger partial charge in [-0.15, -0.1) is 0 Å². The van der Waals surface area contributed by atoms with Crippen LogP contribution in [0, 0.1) is 5.92 Å². The van der Waals surface area contributed by atoms with E-state index < -0.39 is 0 Å². The maximum absolute atomic E-state index is 4.44. The summed E-state index contributed by atoms with van der Waals surface area (Å²) in [5.41, 5.74) is 0. The van der Waals surface area contributed by atoms with E-state index in [1.54, 1.807) is 0 Å². The first-order valence-electron chi connectivity index (χ1n) is 5.10. The van der Waals surface area contributed by atoms with Crippen LogP contribution in [0.1, 0.15) is 39.5 Å². The molecule has 0 amide bonds. The number of hydrogen-bond donors (Lipinski definition) is 1. The monoisotopic (exact) mass is 168 g/mol. The molecular weight excluding hydrogens is 148 g/mol. The molecule has 1 atom stereocenters. The van der Waals surface area contributed by atoms with Gasteiger partial charge in [-0.2, -0.15) is 0 Å². The van der Waals surface area contributed by atoms with Crippen LogP contribution in [0.2, 0.25) is 0 Å². The van der Waals surface area contributed by atoms with Gasteiger partial charge >= 0.3 is 0 Å². The first-order valence-corrected chi connectivity index (χ1v) is 5.10. The van der Waals surface area contributed by atoms with Crippen molar-refractivity contribution in [3.05, 3.63) is 0 Å². The molecule has 1 aliphatic heterocycles. The van der Waals surface area contributed by atoms with Crippen LogP contribution in [0.25, 0.3) is 0 Å². The third-order valence-electron chi connectivity index (χ3n) is 2.48. The summed E-state index contributed by atoms with van der Waals surface area (Å²) in [6, 6.07) is 0. The summed E-state index contributed by atoms with van der Waals surface area (Å²) in [5.74, 6) is 2.01. The summed E-state index contributed by atoms with van der Waals surface area (Å²) >= 11 is 0. The van der Waals surface area contributed by atoms with Crippen molar-refractivity contribution >= 4 is 5.84 Å². The zero-order valence-electron chi connectivity index (χ0n) is 8.27. The second-order valence-electron chi connectivity index (χ2n) is 3.68. The lowest BCUT2D eigenvalue weighted by molar-refractivity contribution is 0.541. The highest BCUT2D eigenvalue weighted by Crippen LogP contribution is 2.05. The van der Waals surface area contributed by atoms with Crippen LogP contribution >= 0.6 is 0 Å². The van der Waals surface area contributed by atoms with E-state index in [2.05, 4.69) is 24.2 Å². The molecule has 0 saturated heterocycles. The molecule has 1 unspecified atom stereocenters. The van der Waals surface area contributed by atoms with E-state index in [0.717, 1.165) is 25.4 Å². The van der Waals surface area contributed by atoms with Crippen molar-refractivity contribution in [2.75, 3.05) is 13.1 Å². The Kier molecular flexibility index (Phi) is 4.12. The summed E-state index contributed by atoms with van der Waals surface area (Å²) in [5, 5.41) is 3.42. The molecule has 1 heterocycles. The molecule has 1 N–H and O–H groups in total. The third kappa shape index (κ3) is 3.24. The van der Waals surface area contributed by atoms with Gasteiger partial charge in [0.15, 0.2) is 0 Å². The molecule has 1 aliphatic rings. The highest BCUT2D eigenvalue weighted by atomic mass is 15.0. The average Bonchev–Trinajstić information content (AvgIpc) is 2.16. The van der Waals surface area contributed by atoms with Gasteiger partial charge in [0.25, 0.3) is 0 Å². The van der Waals surface area contributed by atoms with Gasteiger partial charge in [-0.05, 0) is 18.8 Å². The van der Waals surface area contributed by atoms with Crippen molar-refractivity contribution in [2.24, 2.45) is 10.9 Å². The number of rotatable bonds is 3. The standard InChI is InChI=1S/C10H20N2/c1-3-9(2)8-12-10-6-4-5-7-11-10/h9H,3-8H2,1-2H3,(H,11,12). The van der Waals surface area contributed by atoms with Gasteiger partial charge in [-0.25, -0.2) is 0 Å². The summed E-state index contributed by atoms with van der Waals surface area (Å²) < 4.78 is 0. The van der Waals surface area contributed by atoms with Crippen LogP contribution < -0.4 is 5.32 Å². The molecular formula is C10H20N2. The Labute approximate surface area is 75.5 Å². The van der Waals surface area contributed by atoms with E-state index >= 15 is 0 Å². The van der Waals surface area contributed by atoms with Crippen LogP contribution in [0.15, 0.2) is 4.99 Å². The number of hydrogen-bond acceptors (Lipinski definition) is 2. The zero-order valence-corrected chi connectivity index (χ0v) is 8.27. The second kappa shape index (κ2) is 5.18. The summed E-state index contributed by atoms with van der Waals surface area (Å²) in [7, 11) is 0. The molecule has 2 nitrogen and oxygen atoms in total. The Balaban J connectivity index is 2.17. The molecule has 0 aromatic carbocycles. The van der Waals surface area contributed by atoms with Gasteiger partial charge in [0.2, 0.25) is 0 Å². The molecule has 12 heavy (non-hydrogen) atoms. The van der Waals surface area contributed by atoms with E-state index in [1.807, 2.05) is 0 Å². The quantitative estimate of drug-likeness (QED) is 0.686. The van der Waals surface area contributed by atoms with E-state index in [-0.39, 0.29) is 0 Å². The normalized spacial score (nSPS) is 20.0. The van der Waals surface area contributed by atoms with Gasteiger partial charge in [0.05, 0.1) is 5.84 Å². The lowest BCUT2D eigenvalue weighted by Gasteiger charge is -2.16. The summed E-state index contributed by atoms with van der Waals surface area (Å²) in [6.07, 6.45) is 5.00. The number of nitrogens with one attached hydrogen (secondary N) is 1. The van der Waals surface area contributed by atoms with Crippen molar-refractivity contribution in [1.29, 1.82) is 0 Å². The van der Waals surface area contributed by atoms with Gasteiger partial charge in [-0.3, -0.25) is 4.99 Å². The fourth-order valence-corrected chi connectivity index (χ4v) is 1.28. The Morgan fingerprint density at radius 1 is 1.50 bits per heavy atom. The predicted octanol–water partition coefficient (Wildman–Crippen LogP) is 2.20. The molecule has 0 bridgehead atoms. The van der Waals surface area contributed by atoms with Gasteiger partial charge in [-0.1, -0.05) is 20.3 Å². The van der Waals surface area contributed by atoms with Crippen molar-refractivity contribution in [1.82, 2.24) is 5.32 Å². The minimum Gasteiger partial charge on any atom is -0.374 e. The van der Waals surface area contributed by atoms with E-state index in [9.17, 15) is 0 Å². The van der Waals surface area contributed by atoms with Gasteiger partial charge in [0, 0.05) is 19.5 Å². The van der Waals surface area contributed by atoms with Crippen molar-refractivity contribution in [3.8, 4) is 0 Å². The minimum atomic E-state index is 0.773. The Morgan fingerprint density at radius 3 is 2.92 bits per heavy atom. The minimum absolute atomic E-state index is 0.773. The van der Waals surface area contributed by atoms with Gasteiger partial charge in [0.1, 0.15) is 0 Å². The number of aliphatic imine (C=N–C) groups is 1. The van der Waals surface area contributed by atoms with Crippen LogP contribution in [-0.4, -0.2) is 18.9 Å². The van der Waals surface area contributed by atoms with Crippen LogP contribution in [-0.2, 0) is 0 Å². The molecule has 2 heteroatoms. The van der Waals surface area contributed by atoms with E-state index in [1.165, 1.54) is 25.1 Å². The molecule has 0 radical (unpaired) electrons. The molecule has 0 aromatic rings. The molecule has 0 spiro atoms. The molecule has 0 saturated carbocycles. The van der Waals surface area contributed by atoms with Crippen LogP contribution in [0.5, 0.6) is 0 Å². The largest absolute Gasteiger partial charge is 0.374 e. The van der Waals surface area contributed by atoms with Crippen LogP contribution in [0.4, 0.5) is 0 Å². The predicted molar refractivity (Wildman–Crippen MR) is 53.6 cm³/mol. The summed E-state index contributed by atoms with van der Waals surface area (Å²) in [4.78, 5) is 4.44. The maximum Gasteiger partial charge on any atom is 0.0963 e.